The van der Waals surface area contributed by atoms with Crippen molar-refractivity contribution >= 4 is 39.6 Å². The van der Waals surface area contributed by atoms with Gasteiger partial charge in [0.1, 0.15) is 12.6 Å². The quantitative estimate of drug-likeness (QED) is 0.156. The normalized spacial score (nSPS) is 14.2. The van der Waals surface area contributed by atoms with Crippen molar-refractivity contribution in [3.8, 4) is 0 Å². The zero-order valence-corrected chi connectivity index (χ0v) is 25.0. The molecular formula is C35H39N5O4. The summed E-state index contributed by atoms with van der Waals surface area (Å²) in [6.45, 7) is 3.72. The maximum absolute atomic E-state index is 14.2. The van der Waals surface area contributed by atoms with Crippen LogP contribution in [0.2, 0.25) is 0 Å². The molecule has 4 atom stereocenters. The second kappa shape index (κ2) is 13.7. The zero-order chi connectivity index (χ0) is 31.2. The Morgan fingerprint density at radius 3 is 1.73 bits per heavy atom. The van der Waals surface area contributed by atoms with Gasteiger partial charge in [-0.15, -0.1) is 0 Å². The Hall–Kier alpha value is -4.73. The number of nitrogens with one attached hydrogen (secondary N) is 2. The third kappa shape index (κ3) is 6.59. The Kier molecular flexibility index (Phi) is 9.57. The first-order chi connectivity index (χ1) is 21.3. The number of aromatic nitrogens is 2. The summed E-state index contributed by atoms with van der Waals surface area (Å²) in [5.41, 5.74) is 17.4. The predicted molar refractivity (Wildman–Crippen MR) is 171 cm³/mol. The van der Waals surface area contributed by atoms with Gasteiger partial charge in [-0.05, 0) is 47.6 Å². The number of esters is 1. The van der Waals surface area contributed by atoms with E-state index in [9.17, 15) is 14.4 Å². The van der Waals surface area contributed by atoms with Gasteiger partial charge in [0.2, 0.25) is 11.8 Å². The highest BCUT2D eigenvalue weighted by atomic mass is 16.5. The maximum Gasteiger partial charge on any atom is 0.329 e. The van der Waals surface area contributed by atoms with Crippen molar-refractivity contribution in [1.82, 2.24) is 14.9 Å². The minimum Gasteiger partial charge on any atom is -0.459 e. The van der Waals surface area contributed by atoms with Crippen molar-refractivity contribution in [3.05, 3.63) is 108 Å². The summed E-state index contributed by atoms with van der Waals surface area (Å²) in [6.07, 6.45) is 4.46. The molecule has 9 heteroatoms. The van der Waals surface area contributed by atoms with Crippen LogP contribution in [0.25, 0.3) is 21.8 Å². The number of H-pyrrole nitrogens is 2. The zero-order valence-electron chi connectivity index (χ0n) is 25.0. The number of nitrogens with zero attached hydrogens (tertiary/aromatic N) is 1. The van der Waals surface area contributed by atoms with E-state index in [-0.39, 0.29) is 19.4 Å². The SMILES string of the molecule is CC[C@H](C)[C@@H](C(=O)OCc1ccccc1)N(C(=O)[C@@H](N)Cc1c[nH]c2ccccc12)C(=O)[C@@H](N)Cc1c[nH]c2ccccc12. The van der Waals surface area contributed by atoms with E-state index in [4.69, 9.17) is 16.2 Å². The number of amides is 2. The fourth-order valence-corrected chi connectivity index (χ4v) is 5.62. The van der Waals surface area contributed by atoms with Gasteiger partial charge < -0.3 is 26.2 Å². The molecule has 0 fully saturated rings. The fourth-order valence-electron chi connectivity index (χ4n) is 5.62. The Morgan fingerprint density at radius 1 is 0.750 bits per heavy atom. The molecule has 2 heterocycles. The molecule has 6 N–H and O–H groups in total. The van der Waals surface area contributed by atoms with Gasteiger partial charge in [-0.1, -0.05) is 87.0 Å². The molecule has 0 aliphatic carbocycles. The van der Waals surface area contributed by atoms with Crippen molar-refractivity contribution in [3.63, 3.8) is 0 Å². The van der Waals surface area contributed by atoms with Crippen LogP contribution >= 0.6 is 0 Å². The highest BCUT2D eigenvalue weighted by molar-refractivity contribution is 6.04. The van der Waals surface area contributed by atoms with Gasteiger partial charge >= 0.3 is 5.97 Å². The number of nitrogens with two attached hydrogens (primary N) is 2. The number of carbonyl (C=O) groups excluding carboxylic acids is 3. The van der Waals surface area contributed by atoms with E-state index < -0.39 is 41.8 Å². The van der Waals surface area contributed by atoms with Gasteiger partial charge in [0.25, 0.3) is 0 Å². The highest BCUT2D eigenvalue weighted by Crippen LogP contribution is 2.24. The third-order valence-electron chi connectivity index (χ3n) is 8.27. The summed E-state index contributed by atoms with van der Waals surface area (Å²) in [5.74, 6) is -2.43. The molecule has 0 radical (unpaired) electrons. The van der Waals surface area contributed by atoms with Gasteiger partial charge in [-0.25, -0.2) is 4.79 Å². The van der Waals surface area contributed by atoms with Gasteiger partial charge in [0.15, 0.2) is 0 Å². The van der Waals surface area contributed by atoms with Crippen molar-refractivity contribution in [1.29, 1.82) is 0 Å². The minimum absolute atomic E-state index is 0.00557. The van der Waals surface area contributed by atoms with Crippen LogP contribution in [-0.2, 0) is 38.6 Å². The van der Waals surface area contributed by atoms with Crippen LogP contribution in [0.1, 0.15) is 37.0 Å². The molecule has 228 valence electrons. The summed E-state index contributed by atoms with van der Waals surface area (Å²) < 4.78 is 5.70. The number of rotatable bonds is 12. The van der Waals surface area contributed by atoms with E-state index in [2.05, 4.69) is 9.97 Å². The average molecular weight is 594 g/mol. The first kappa shape index (κ1) is 30.7. The van der Waals surface area contributed by atoms with E-state index in [1.807, 2.05) is 105 Å². The molecule has 0 saturated heterocycles. The number of benzene rings is 3. The van der Waals surface area contributed by atoms with Gasteiger partial charge in [-0.3, -0.25) is 14.5 Å². The highest BCUT2D eigenvalue weighted by Gasteiger charge is 2.42. The molecule has 0 spiro atoms. The molecule has 5 rings (SSSR count). The second-order valence-corrected chi connectivity index (χ2v) is 11.3. The van der Waals surface area contributed by atoms with Gasteiger partial charge in [0.05, 0.1) is 12.1 Å². The molecule has 9 nitrogen and oxygen atoms in total. The Balaban J connectivity index is 1.45. The number of fused-ring (bicyclic) bond motifs is 2. The lowest BCUT2D eigenvalue weighted by Gasteiger charge is -2.35. The number of imide groups is 1. The fraction of sp³-hybridized carbons (Fsp3) is 0.286. The topological polar surface area (TPSA) is 147 Å². The van der Waals surface area contributed by atoms with Crippen LogP contribution < -0.4 is 11.5 Å². The summed E-state index contributed by atoms with van der Waals surface area (Å²) in [5, 5.41) is 1.87. The van der Waals surface area contributed by atoms with Crippen LogP contribution in [0.15, 0.2) is 91.3 Å². The lowest BCUT2D eigenvalue weighted by Crippen LogP contribution is -2.60. The number of ether oxygens (including phenoxy) is 1. The van der Waals surface area contributed by atoms with Gasteiger partial charge in [0, 0.05) is 34.2 Å². The Morgan fingerprint density at radius 2 is 1.23 bits per heavy atom. The van der Waals surface area contributed by atoms with Crippen LogP contribution in [0.5, 0.6) is 0 Å². The summed E-state index contributed by atoms with van der Waals surface area (Å²) >= 11 is 0. The van der Waals surface area contributed by atoms with Crippen molar-refractivity contribution in [2.24, 2.45) is 17.4 Å². The lowest BCUT2D eigenvalue weighted by atomic mass is 9.94. The second-order valence-electron chi connectivity index (χ2n) is 11.3. The van der Waals surface area contributed by atoms with Crippen molar-refractivity contribution in [2.45, 2.75) is 57.8 Å². The molecule has 0 saturated carbocycles. The summed E-state index contributed by atoms with van der Waals surface area (Å²) in [4.78, 5) is 49.5. The molecule has 2 aromatic heterocycles. The predicted octanol–water partition coefficient (Wildman–Crippen LogP) is 4.60. The van der Waals surface area contributed by atoms with Crippen molar-refractivity contribution < 1.29 is 19.1 Å². The number of para-hydroxylation sites is 2. The van der Waals surface area contributed by atoms with Crippen LogP contribution in [0.4, 0.5) is 0 Å². The van der Waals surface area contributed by atoms with E-state index in [0.29, 0.717) is 6.42 Å². The lowest BCUT2D eigenvalue weighted by molar-refractivity contribution is -0.165. The van der Waals surface area contributed by atoms with E-state index in [1.165, 1.54) is 0 Å². The molecule has 3 aromatic carbocycles. The largest absolute Gasteiger partial charge is 0.459 e. The van der Waals surface area contributed by atoms with E-state index in [1.54, 1.807) is 0 Å². The maximum atomic E-state index is 14.2. The standard InChI is InChI=1S/C35H39N5O4/c1-3-22(2)32(35(43)44-21-23-11-5-4-6-12-23)40(33(41)28(36)17-24-19-38-30-15-9-7-13-26(24)30)34(42)29(37)18-25-20-39-31-16-10-8-14-27(25)31/h4-16,19-20,22,28-29,32,38-39H,3,17-18,21,36-37H2,1-2H3/t22-,28-,29-,32-/m0/s1. The summed E-state index contributed by atoms with van der Waals surface area (Å²) in [7, 11) is 0. The molecule has 0 unspecified atom stereocenters. The van der Waals surface area contributed by atoms with E-state index in [0.717, 1.165) is 43.4 Å². The van der Waals surface area contributed by atoms with Crippen LogP contribution in [0.3, 0.4) is 0 Å². The number of aromatic amines is 2. The Bertz CT molecular complexity index is 1650. The third-order valence-corrected chi connectivity index (χ3v) is 8.27. The van der Waals surface area contributed by atoms with Crippen molar-refractivity contribution in [2.75, 3.05) is 0 Å². The first-order valence-corrected chi connectivity index (χ1v) is 15.0. The van der Waals surface area contributed by atoms with E-state index >= 15 is 0 Å². The molecule has 0 bridgehead atoms. The Labute approximate surface area is 256 Å². The number of hydrogen-bond acceptors (Lipinski definition) is 6. The molecule has 5 aromatic rings. The molecule has 0 aliphatic rings. The number of carbonyl (C=O) groups is 3. The molecule has 44 heavy (non-hydrogen) atoms. The molecular weight excluding hydrogens is 554 g/mol. The monoisotopic (exact) mass is 593 g/mol. The number of hydrogen-bond donors (Lipinski definition) is 4. The van der Waals surface area contributed by atoms with Crippen LogP contribution in [0, 0.1) is 5.92 Å². The van der Waals surface area contributed by atoms with Crippen LogP contribution in [-0.4, -0.2) is 50.8 Å². The molecule has 0 aliphatic heterocycles. The first-order valence-electron chi connectivity index (χ1n) is 15.0. The summed E-state index contributed by atoms with van der Waals surface area (Å²) in [6, 6.07) is 21.3. The minimum atomic E-state index is -1.20. The molecule has 2 amide bonds. The smallest absolute Gasteiger partial charge is 0.329 e. The average Bonchev–Trinajstić information content (AvgIpc) is 3.65. The van der Waals surface area contributed by atoms with Gasteiger partial charge in [-0.2, -0.15) is 0 Å².